The van der Waals surface area contributed by atoms with E-state index >= 15 is 0 Å². The molecule has 0 bridgehead atoms. The second-order valence-corrected chi connectivity index (χ2v) is 8.71. The predicted molar refractivity (Wildman–Crippen MR) is 103 cm³/mol. The molecular weight excluding hydrogens is 368 g/mol. The topological polar surface area (TPSA) is 87.9 Å². The molecule has 0 spiro atoms. The second-order valence-electron chi connectivity index (χ2n) is 6.66. The largest absolute Gasteiger partial charge is 0.444 e. The average molecular weight is 391 g/mol. The number of nitriles is 1. The Morgan fingerprint density at radius 1 is 1.42 bits per heavy atom. The highest BCUT2D eigenvalue weighted by molar-refractivity contribution is 7.99. The number of aryl methyl sites for hydroxylation is 1. The fourth-order valence-electron chi connectivity index (χ4n) is 2.11. The zero-order valence-corrected chi connectivity index (χ0v) is 16.9. The smallest absolute Gasteiger partial charge is 0.407 e. The summed E-state index contributed by atoms with van der Waals surface area (Å²) >= 11 is 2.93. The monoisotopic (exact) mass is 390 g/mol. The van der Waals surface area contributed by atoms with E-state index in [1.165, 1.54) is 23.3 Å². The van der Waals surface area contributed by atoms with Gasteiger partial charge in [0.1, 0.15) is 16.7 Å². The highest BCUT2D eigenvalue weighted by Crippen LogP contribution is 2.39. The number of alkyl carbamates (subject to hydrolysis) is 1. The first-order valence-corrected chi connectivity index (χ1v) is 9.85. The summed E-state index contributed by atoms with van der Waals surface area (Å²) in [6.45, 7) is 7.84. The van der Waals surface area contributed by atoms with Crippen LogP contribution in [-0.4, -0.2) is 27.6 Å². The molecule has 8 heteroatoms. The molecule has 0 aliphatic heterocycles. The van der Waals surface area contributed by atoms with Gasteiger partial charge < -0.3 is 10.1 Å². The summed E-state index contributed by atoms with van der Waals surface area (Å²) in [6, 6.07) is 7.76. The quantitative estimate of drug-likeness (QED) is 0.732. The SMILES string of the molecule is Cc1ccc(C#N)c(SC(CCNC(=O)OC(C)(C)C)c2ccns2)n1. The van der Waals surface area contributed by atoms with Crippen molar-refractivity contribution in [2.24, 2.45) is 0 Å². The lowest BCUT2D eigenvalue weighted by atomic mass is 10.2. The van der Waals surface area contributed by atoms with E-state index in [9.17, 15) is 10.1 Å². The Morgan fingerprint density at radius 3 is 2.81 bits per heavy atom. The van der Waals surface area contributed by atoms with E-state index in [-0.39, 0.29) is 5.25 Å². The lowest BCUT2D eigenvalue weighted by molar-refractivity contribution is 0.0527. The number of ether oxygens (including phenoxy) is 1. The molecule has 1 atom stereocenters. The van der Waals surface area contributed by atoms with Crippen molar-refractivity contribution in [2.45, 2.75) is 50.0 Å². The van der Waals surface area contributed by atoms with Crippen LogP contribution in [0.3, 0.4) is 0 Å². The van der Waals surface area contributed by atoms with Crippen molar-refractivity contribution in [3.8, 4) is 6.07 Å². The number of aromatic nitrogens is 2. The van der Waals surface area contributed by atoms with Crippen LogP contribution in [0.4, 0.5) is 4.79 Å². The highest BCUT2D eigenvalue weighted by atomic mass is 32.2. The minimum atomic E-state index is -0.525. The third kappa shape index (κ3) is 6.32. The number of carbonyl (C=O) groups is 1. The Morgan fingerprint density at radius 2 is 2.19 bits per heavy atom. The molecule has 138 valence electrons. The van der Waals surface area contributed by atoms with E-state index in [0.717, 1.165) is 10.6 Å². The molecule has 0 saturated carbocycles. The lowest BCUT2D eigenvalue weighted by Gasteiger charge is -2.20. The number of nitrogens with one attached hydrogen (secondary N) is 1. The zero-order chi connectivity index (χ0) is 19.2. The van der Waals surface area contributed by atoms with Crippen molar-refractivity contribution < 1.29 is 9.53 Å². The number of hydrogen-bond acceptors (Lipinski definition) is 7. The van der Waals surface area contributed by atoms with E-state index in [1.54, 1.807) is 12.3 Å². The lowest BCUT2D eigenvalue weighted by Crippen LogP contribution is -2.33. The van der Waals surface area contributed by atoms with Crippen molar-refractivity contribution in [2.75, 3.05) is 6.54 Å². The van der Waals surface area contributed by atoms with Gasteiger partial charge in [0.2, 0.25) is 0 Å². The van der Waals surface area contributed by atoms with Crippen LogP contribution in [0.15, 0.2) is 29.4 Å². The summed E-state index contributed by atoms with van der Waals surface area (Å²) in [6.07, 6.45) is 1.99. The first-order valence-electron chi connectivity index (χ1n) is 8.20. The Labute approximate surface area is 162 Å². The van der Waals surface area contributed by atoms with Crippen molar-refractivity contribution in [3.63, 3.8) is 0 Å². The van der Waals surface area contributed by atoms with Gasteiger partial charge >= 0.3 is 6.09 Å². The molecule has 2 aromatic rings. The summed E-state index contributed by atoms with van der Waals surface area (Å²) in [5.74, 6) is 0. The number of pyridine rings is 1. The van der Waals surface area contributed by atoms with E-state index in [4.69, 9.17) is 4.74 Å². The molecule has 1 amide bonds. The average Bonchev–Trinajstić information content (AvgIpc) is 3.06. The highest BCUT2D eigenvalue weighted by Gasteiger charge is 2.20. The first-order chi connectivity index (χ1) is 12.3. The third-order valence-corrected chi connectivity index (χ3v) is 5.54. The van der Waals surface area contributed by atoms with Gasteiger partial charge in [-0.3, -0.25) is 0 Å². The van der Waals surface area contributed by atoms with Crippen LogP contribution in [0.1, 0.15) is 48.6 Å². The maximum atomic E-state index is 11.8. The number of hydrogen-bond donors (Lipinski definition) is 1. The number of carbonyl (C=O) groups excluding carboxylic acids is 1. The second kappa shape index (κ2) is 9.01. The summed E-state index contributed by atoms with van der Waals surface area (Å²) < 4.78 is 9.43. The van der Waals surface area contributed by atoms with Crippen LogP contribution >= 0.6 is 23.3 Å². The van der Waals surface area contributed by atoms with Gasteiger partial charge in [0, 0.05) is 28.6 Å². The van der Waals surface area contributed by atoms with Crippen LogP contribution in [0.25, 0.3) is 0 Å². The molecule has 2 heterocycles. The molecule has 1 unspecified atom stereocenters. The summed E-state index contributed by atoms with van der Waals surface area (Å²) in [5, 5.41) is 12.8. The molecule has 0 aromatic carbocycles. The van der Waals surface area contributed by atoms with Crippen LogP contribution in [-0.2, 0) is 4.74 Å². The van der Waals surface area contributed by atoms with E-state index in [2.05, 4.69) is 20.7 Å². The van der Waals surface area contributed by atoms with Crippen LogP contribution in [0, 0.1) is 18.3 Å². The minimum absolute atomic E-state index is 0.0406. The maximum Gasteiger partial charge on any atom is 0.407 e. The van der Waals surface area contributed by atoms with Gasteiger partial charge in [-0.15, -0.1) is 0 Å². The van der Waals surface area contributed by atoms with Gasteiger partial charge in [-0.25, -0.2) is 14.2 Å². The summed E-state index contributed by atoms with van der Waals surface area (Å²) in [4.78, 5) is 17.4. The number of thioether (sulfide) groups is 1. The van der Waals surface area contributed by atoms with Gasteiger partial charge in [0.25, 0.3) is 0 Å². The van der Waals surface area contributed by atoms with Gasteiger partial charge in [0.05, 0.1) is 5.56 Å². The van der Waals surface area contributed by atoms with Crippen molar-refractivity contribution >= 4 is 29.4 Å². The molecule has 0 aliphatic carbocycles. The van der Waals surface area contributed by atoms with E-state index in [0.29, 0.717) is 23.6 Å². The summed E-state index contributed by atoms with van der Waals surface area (Å²) in [7, 11) is 0. The summed E-state index contributed by atoms with van der Waals surface area (Å²) in [5.41, 5.74) is 0.889. The van der Waals surface area contributed by atoms with Gasteiger partial charge in [-0.05, 0) is 63.8 Å². The Balaban J connectivity index is 2.05. The molecule has 2 aromatic heterocycles. The molecule has 0 fully saturated rings. The normalized spacial score (nSPS) is 12.3. The van der Waals surface area contributed by atoms with Crippen LogP contribution in [0.5, 0.6) is 0 Å². The number of rotatable bonds is 6. The Bertz CT molecular complexity index is 779. The standard InChI is InChI=1S/C18H22N4O2S2/c1-12-5-6-13(11-19)16(22-12)25-14(15-8-10-21-26-15)7-9-20-17(23)24-18(2,3)4/h5-6,8,10,14H,7,9H2,1-4H3,(H,20,23). The Kier molecular flexibility index (Phi) is 7.00. The minimum Gasteiger partial charge on any atom is -0.444 e. The molecular formula is C18H22N4O2S2. The fraction of sp³-hybridized carbons (Fsp3) is 0.444. The van der Waals surface area contributed by atoms with Crippen LogP contribution < -0.4 is 5.32 Å². The molecule has 0 radical (unpaired) electrons. The predicted octanol–water partition coefficient (Wildman–Crippen LogP) is 4.47. The number of amides is 1. The third-order valence-electron chi connectivity index (χ3n) is 3.22. The zero-order valence-electron chi connectivity index (χ0n) is 15.3. The number of nitrogens with zero attached hydrogens (tertiary/aromatic N) is 3. The molecule has 0 aliphatic rings. The molecule has 0 saturated heterocycles. The molecule has 1 N–H and O–H groups in total. The maximum absolute atomic E-state index is 11.8. The fourth-order valence-corrected chi connectivity index (χ4v) is 4.12. The van der Waals surface area contributed by atoms with Gasteiger partial charge in [-0.2, -0.15) is 5.26 Å². The van der Waals surface area contributed by atoms with E-state index in [1.807, 2.05) is 39.8 Å². The van der Waals surface area contributed by atoms with Crippen LogP contribution in [0.2, 0.25) is 0 Å². The molecule has 2 rings (SSSR count). The van der Waals surface area contributed by atoms with Crippen molar-refractivity contribution in [1.82, 2.24) is 14.7 Å². The molecule has 26 heavy (non-hydrogen) atoms. The Hall–Kier alpha value is -2.11. The van der Waals surface area contributed by atoms with Gasteiger partial charge in [0.15, 0.2) is 0 Å². The van der Waals surface area contributed by atoms with Gasteiger partial charge in [-0.1, -0.05) is 11.8 Å². The first kappa shape index (κ1) is 20.2. The molecule has 6 nitrogen and oxygen atoms in total. The van der Waals surface area contributed by atoms with Crippen molar-refractivity contribution in [3.05, 3.63) is 40.5 Å². The van der Waals surface area contributed by atoms with E-state index < -0.39 is 11.7 Å². The van der Waals surface area contributed by atoms with Crippen molar-refractivity contribution in [1.29, 1.82) is 5.26 Å².